The highest BCUT2D eigenvalue weighted by Gasteiger charge is 2.18. The number of hydrogen-bond donors (Lipinski definition) is 2. The molecule has 0 bridgehead atoms. The fraction of sp³-hybridized carbons (Fsp3) is 0.538. The summed E-state index contributed by atoms with van der Waals surface area (Å²) in [6.07, 6.45) is 0. The van der Waals surface area contributed by atoms with Crippen LogP contribution in [0.4, 0.5) is 4.39 Å². The van der Waals surface area contributed by atoms with Crippen molar-refractivity contribution in [2.24, 2.45) is 0 Å². The van der Waals surface area contributed by atoms with Crippen LogP contribution in [-0.2, 0) is 21.3 Å². The van der Waals surface area contributed by atoms with Gasteiger partial charge in [0.1, 0.15) is 10.7 Å². The van der Waals surface area contributed by atoms with E-state index in [1.807, 2.05) is 13.8 Å². The van der Waals surface area contributed by atoms with Crippen molar-refractivity contribution in [1.82, 2.24) is 10.0 Å². The van der Waals surface area contributed by atoms with Gasteiger partial charge in [0.05, 0.1) is 6.61 Å². The molecule has 0 aliphatic rings. The predicted molar refractivity (Wildman–Crippen MR) is 75.4 cm³/mol. The lowest BCUT2D eigenvalue weighted by atomic mass is 10.2. The molecule has 0 aliphatic carbocycles. The normalized spacial score (nSPS) is 12.1. The highest BCUT2D eigenvalue weighted by molar-refractivity contribution is 7.89. The minimum atomic E-state index is -3.84. The van der Waals surface area contributed by atoms with Crippen molar-refractivity contribution in [3.63, 3.8) is 0 Å². The Hall–Kier alpha value is -1.02. The lowest BCUT2D eigenvalue weighted by molar-refractivity contribution is 0.204. The van der Waals surface area contributed by atoms with Gasteiger partial charge in [-0.3, -0.25) is 0 Å². The summed E-state index contributed by atoms with van der Waals surface area (Å²) in [5.41, 5.74) is 0.701. The fourth-order valence-corrected chi connectivity index (χ4v) is 2.62. The molecule has 0 saturated carbocycles. The summed E-state index contributed by atoms with van der Waals surface area (Å²) < 4.78 is 44.7. The van der Waals surface area contributed by atoms with Crippen molar-refractivity contribution in [2.75, 3.05) is 20.3 Å². The van der Waals surface area contributed by atoms with E-state index < -0.39 is 15.8 Å². The van der Waals surface area contributed by atoms with Crippen molar-refractivity contribution < 1.29 is 17.5 Å². The van der Waals surface area contributed by atoms with Crippen LogP contribution in [-0.4, -0.2) is 34.7 Å². The van der Waals surface area contributed by atoms with Gasteiger partial charge in [0.25, 0.3) is 0 Å². The van der Waals surface area contributed by atoms with Crippen LogP contribution < -0.4 is 10.0 Å². The number of benzene rings is 1. The highest BCUT2D eigenvalue weighted by Crippen LogP contribution is 2.16. The first kappa shape index (κ1) is 17.0. The molecule has 1 aromatic rings. The molecule has 114 valence electrons. The molecular formula is C13H21FN2O3S. The van der Waals surface area contributed by atoms with Crippen LogP contribution in [0.1, 0.15) is 19.4 Å². The van der Waals surface area contributed by atoms with Gasteiger partial charge in [-0.2, -0.15) is 0 Å². The molecule has 0 radical (unpaired) electrons. The monoisotopic (exact) mass is 304 g/mol. The summed E-state index contributed by atoms with van der Waals surface area (Å²) in [5.74, 6) is -0.752. The number of nitrogens with one attached hydrogen (secondary N) is 2. The molecule has 0 heterocycles. The Morgan fingerprint density at radius 3 is 2.60 bits per heavy atom. The molecule has 0 aromatic heterocycles. The maximum absolute atomic E-state index is 13.9. The Labute approximate surface area is 119 Å². The Morgan fingerprint density at radius 2 is 2.05 bits per heavy atom. The molecule has 1 rings (SSSR count). The Balaban J connectivity index is 2.81. The molecule has 20 heavy (non-hydrogen) atoms. The lowest BCUT2D eigenvalue weighted by Crippen LogP contribution is -2.28. The summed E-state index contributed by atoms with van der Waals surface area (Å²) in [6.45, 7) is 4.79. The molecule has 0 unspecified atom stereocenters. The molecule has 0 aliphatic heterocycles. The van der Waals surface area contributed by atoms with Crippen LogP contribution in [0.25, 0.3) is 0 Å². The van der Waals surface area contributed by atoms with E-state index in [0.717, 1.165) is 0 Å². The van der Waals surface area contributed by atoms with E-state index >= 15 is 0 Å². The minimum absolute atomic E-state index is 0.106. The second-order valence-corrected chi connectivity index (χ2v) is 6.43. The summed E-state index contributed by atoms with van der Waals surface area (Å²) in [7, 11) is -2.37. The van der Waals surface area contributed by atoms with E-state index in [2.05, 4.69) is 10.0 Å². The van der Waals surface area contributed by atoms with Crippen LogP contribution >= 0.6 is 0 Å². The van der Waals surface area contributed by atoms with Gasteiger partial charge in [0.2, 0.25) is 10.0 Å². The van der Waals surface area contributed by atoms with Crippen molar-refractivity contribution in [3.05, 3.63) is 29.6 Å². The average Bonchev–Trinajstić information content (AvgIpc) is 2.36. The molecular weight excluding hydrogens is 283 g/mol. The third-order valence-corrected chi connectivity index (χ3v) is 4.09. The molecule has 0 amide bonds. The second kappa shape index (κ2) is 7.68. The van der Waals surface area contributed by atoms with E-state index in [4.69, 9.17) is 4.74 Å². The van der Waals surface area contributed by atoms with Crippen LogP contribution in [0.5, 0.6) is 0 Å². The molecule has 0 atom stereocenters. The van der Waals surface area contributed by atoms with Gasteiger partial charge < -0.3 is 10.1 Å². The smallest absolute Gasteiger partial charge is 0.243 e. The van der Waals surface area contributed by atoms with Crippen molar-refractivity contribution in [3.8, 4) is 0 Å². The maximum atomic E-state index is 13.9. The fourth-order valence-electron chi connectivity index (χ4n) is 1.55. The van der Waals surface area contributed by atoms with Gasteiger partial charge in [-0.1, -0.05) is 19.9 Å². The number of halogens is 1. The van der Waals surface area contributed by atoms with Crippen LogP contribution in [0.2, 0.25) is 0 Å². The SMILES string of the molecule is COCCNS(=O)(=O)c1ccc(CNC(C)C)cc1F. The highest BCUT2D eigenvalue weighted by atomic mass is 32.2. The Bertz CT molecular complexity index is 532. The number of rotatable bonds is 8. The zero-order valence-electron chi connectivity index (χ0n) is 11.9. The molecule has 5 nitrogen and oxygen atoms in total. The number of ether oxygens (including phenoxy) is 1. The van der Waals surface area contributed by atoms with E-state index in [0.29, 0.717) is 12.1 Å². The third kappa shape index (κ3) is 5.16. The van der Waals surface area contributed by atoms with Gasteiger partial charge >= 0.3 is 0 Å². The van der Waals surface area contributed by atoms with Gasteiger partial charge in [-0.25, -0.2) is 17.5 Å². The van der Waals surface area contributed by atoms with Gasteiger partial charge in [-0.05, 0) is 17.7 Å². The molecule has 0 spiro atoms. The third-order valence-electron chi connectivity index (χ3n) is 2.60. The van der Waals surface area contributed by atoms with Crippen LogP contribution in [0.3, 0.4) is 0 Å². The zero-order valence-corrected chi connectivity index (χ0v) is 12.8. The predicted octanol–water partition coefficient (Wildman–Crippen LogP) is 1.25. The summed E-state index contributed by atoms with van der Waals surface area (Å²) in [5, 5.41) is 3.14. The second-order valence-electron chi connectivity index (χ2n) is 4.69. The topological polar surface area (TPSA) is 67.4 Å². The molecule has 1 aromatic carbocycles. The standard InChI is InChI=1S/C13H21FN2O3S/c1-10(2)15-9-11-4-5-13(12(14)8-11)20(17,18)16-6-7-19-3/h4-5,8,10,15-16H,6-7,9H2,1-3H3. The Kier molecular flexibility index (Phi) is 6.54. The summed E-state index contributed by atoms with van der Waals surface area (Å²) in [6, 6.07) is 4.39. The van der Waals surface area contributed by atoms with E-state index in [9.17, 15) is 12.8 Å². The quantitative estimate of drug-likeness (QED) is 0.709. The molecule has 2 N–H and O–H groups in total. The number of sulfonamides is 1. The van der Waals surface area contributed by atoms with Crippen molar-refractivity contribution in [2.45, 2.75) is 31.3 Å². The first-order chi connectivity index (χ1) is 9.36. The van der Waals surface area contributed by atoms with Crippen molar-refractivity contribution in [1.29, 1.82) is 0 Å². The van der Waals surface area contributed by atoms with Crippen LogP contribution in [0, 0.1) is 5.82 Å². The lowest BCUT2D eigenvalue weighted by Gasteiger charge is -2.10. The van der Waals surface area contributed by atoms with Crippen LogP contribution in [0.15, 0.2) is 23.1 Å². The minimum Gasteiger partial charge on any atom is -0.383 e. The van der Waals surface area contributed by atoms with Gasteiger partial charge in [0.15, 0.2) is 0 Å². The molecule has 0 saturated heterocycles. The van der Waals surface area contributed by atoms with E-state index in [1.165, 1.54) is 19.2 Å². The Morgan fingerprint density at radius 1 is 1.35 bits per heavy atom. The largest absolute Gasteiger partial charge is 0.383 e. The van der Waals surface area contributed by atoms with E-state index in [1.54, 1.807) is 6.07 Å². The molecule has 0 fully saturated rings. The number of hydrogen-bond acceptors (Lipinski definition) is 4. The molecule has 7 heteroatoms. The first-order valence-electron chi connectivity index (χ1n) is 6.37. The summed E-state index contributed by atoms with van der Waals surface area (Å²) in [4.78, 5) is -0.345. The van der Waals surface area contributed by atoms with Gasteiger partial charge in [-0.15, -0.1) is 0 Å². The maximum Gasteiger partial charge on any atom is 0.243 e. The van der Waals surface area contributed by atoms with Gasteiger partial charge in [0, 0.05) is 26.2 Å². The van der Waals surface area contributed by atoms with E-state index in [-0.39, 0.29) is 24.1 Å². The zero-order chi connectivity index (χ0) is 15.2. The first-order valence-corrected chi connectivity index (χ1v) is 7.85. The number of methoxy groups -OCH3 is 1. The van der Waals surface area contributed by atoms with Crippen molar-refractivity contribution >= 4 is 10.0 Å². The average molecular weight is 304 g/mol. The summed E-state index contributed by atoms with van der Waals surface area (Å²) >= 11 is 0.